The number of halogens is 1. The average Bonchev–Trinajstić information content (AvgIpc) is 3.61. The molecule has 7 heteroatoms. The number of anilines is 1. The summed E-state index contributed by atoms with van der Waals surface area (Å²) in [5.41, 5.74) is 2.87. The smallest absolute Gasteiger partial charge is 0.236 e. The van der Waals surface area contributed by atoms with Crippen LogP contribution in [0.25, 0.3) is 16.6 Å². The summed E-state index contributed by atoms with van der Waals surface area (Å²) in [6.45, 7) is 0. The molecule has 2 amide bonds. The summed E-state index contributed by atoms with van der Waals surface area (Å²) < 4.78 is 15.2. The summed E-state index contributed by atoms with van der Waals surface area (Å²) in [6.07, 6.45) is 6.17. The lowest BCUT2D eigenvalue weighted by molar-refractivity contribution is -0.132. The molecular weight excluding hydrogens is 467 g/mol. The standard InChI is InChI=1S/C30H27FN4O2/c31-22-9-11-23(12-10-22)35-25-14-13-24(17-21(25)18-32-35)34-26(19-5-2-1-3-6-19)27(33-28(36)20-7-8-20)30(29(34)37)15-4-16-30/h1-3,5-6,9-14,17-18,20,26-27H,4,7-8,15-16H2,(H,33,36)/t26-,27-/m1/s1. The maximum atomic E-state index is 14.2. The molecule has 37 heavy (non-hydrogen) atoms. The van der Waals surface area contributed by atoms with Crippen LogP contribution in [-0.4, -0.2) is 27.6 Å². The highest BCUT2D eigenvalue weighted by Crippen LogP contribution is 2.57. The highest BCUT2D eigenvalue weighted by molar-refractivity contribution is 6.04. The minimum Gasteiger partial charge on any atom is -0.350 e. The highest BCUT2D eigenvalue weighted by atomic mass is 19.1. The van der Waals surface area contributed by atoms with Crippen molar-refractivity contribution in [3.05, 3.63) is 90.4 Å². The normalized spacial score (nSPS) is 22.4. The number of hydrogen-bond donors (Lipinski definition) is 1. The van der Waals surface area contributed by atoms with Crippen LogP contribution >= 0.6 is 0 Å². The van der Waals surface area contributed by atoms with Crippen molar-refractivity contribution < 1.29 is 14.0 Å². The molecule has 0 unspecified atom stereocenters. The van der Waals surface area contributed by atoms with Gasteiger partial charge in [-0.25, -0.2) is 9.07 Å². The van der Waals surface area contributed by atoms with Gasteiger partial charge in [0.15, 0.2) is 0 Å². The molecule has 2 saturated carbocycles. The first-order chi connectivity index (χ1) is 18.0. The number of nitrogens with zero attached hydrogens (tertiary/aromatic N) is 3. The molecule has 3 fully saturated rings. The Balaban J connectivity index is 1.32. The van der Waals surface area contributed by atoms with E-state index in [0.29, 0.717) is 0 Å². The molecule has 0 radical (unpaired) electrons. The molecule has 1 aromatic heterocycles. The van der Waals surface area contributed by atoms with Crippen LogP contribution in [0, 0.1) is 17.2 Å². The summed E-state index contributed by atoms with van der Waals surface area (Å²) in [5, 5.41) is 8.74. The van der Waals surface area contributed by atoms with E-state index in [9.17, 15) is 14.0 Å². The maximum absolute atomic E-state index is 14.2. The molecule has 1 aliphatic heterocycles. The third-order valence-electron chi connectivity index (χ3n) is 8.37. The van der Waals surface area contributed by atoms with E-state index < -0.39 is 5.41 Å². The van der Waals surface area contributed by atoms with Crippen molar-refractivity contribution in [1.82, 2.24) is 15.1 Å². The van der Waals surface area contributed by atoms with Crippen LogP contribution in [0.3, 0.4) is 0 Å². The largest absolute Gasteiger partial charge is 0.350 e. The van der Waals surface area contributed by atoms with Crippen LogP contribution in [0.1, 0.15) is 43.7 Å². The Morgan fingerprint density at radius 1 is 0.973 bits per heavy atom. The second kappa shape index (κ2) is 8.26. The Bertz CT molecular complexity index is 1510. The average molecular weight is 495 g/mol. The van der Waals surface area contributed by atoms with Gasteiger partial charge in [-0.05, 0) is 73.7 Å². The van der Waals surface area contributed by atoms with Crippen molar-refractivity contribution in [2.75, 3.05) is 4.90 Å². The van der Waals surface area contributed by atoms with Gasteiger partial charge in [-0.2, -0.15) is 5.10 Å². The van der Waals surface area contributed by atoms with E-state index in [1.54, 1.807) is 23.0 Å². The molecule has 2 heterocycles. The van der Waals surface area contributed by atoms with E-state index >= 15 is 0 Å². The number of carbonyl (C=O) groups is 2. The van der Waals surface area contributed by atoms with Gasteiger partial charge in [0.1, 0.15) is 5.82 Å². The van der Waals surface area contributed by atoms with E-state index in [0.717, 1.165) is 59.9 Å². The fourth-order valence-corrected chi connectivity index (χ4v) is 6.09. The first-order valence-corrected chi connectivity index (χ1v) is 13.0. The first-order valence-electron chi connectivity index (χ1n) is 13.0. The topological polar surface area (TPSA) is 67.2 Å². The Kier molecular flexibility index (Phi) is 4.96. The lowest BCUT2D eigenvalue weighted by Crippen LogP contribution is -2.53. The number of aromatic nitrogens is 2. The molecular formula is C30H27FN4O2. The van der Waals surface area contributed by atoms with Crippen LogP contribution in [0.4, 0.5) is 10.1 Å². The van der Waals surface area contributed by atoms with Gasteiger partial charge in [0.25, 0.3) is 0 Å². The SMILES string of the molecule is O=C(N[C@@H]1[C@@H](c2ccccc2)N(c2ccc3c(cnn3-c3ccc(F)cc3)c2)C(=O)C12CCC2)C1CC1. The third-order valence-corrected chi connectivity index (χ3v) is 8.37. The second-order valence-electron chi connectivity index (χ2n) is 10.6. The van der Waals surface area contributed by atoms with Gasteiger partial charge in [0.05, 0.1) is 34.9 Å². The Labute approximate surface area is 214 Å². The van der Waals surface area contributed by atoms with Gasteiger partial charge in [-0.3, -0.25) is 9.59 Å². The summed E-state index contributed by atoms with van der Waals surface area (Å²) in [6, 6.07) is 21.6. The molecule has 7 rings (SSSR count). The summed E-state index contributed by atoms with van der Waals surface area (Å²) in [7, 11) is 0. The molecule has 1 N–H and O–H groups in total. The van der Waals surface area contributed by atoms with Crippen molar-refractivity contribution in [3.8, 4) is 5.69 Å². The van der Waals surface area contributed by atoms with Crippen LogP contribution in [-0.2, 0) is 9.59 Å². The zero-order valence-corrected chi connectivity index (χ0v) is 20.3. The molecule has 186 valence electrons. The predicted octanol–water partition coefficient (Wildman–Crippen LogP) is 5.32. The van der Waals surface area contributed by atoms with Crippen molar-refractivity contribution in [1.29, 1.82) is 0 Å². The van der Waals surface area contributed by atoms with Gasteiger partial charge in [-0.1, -0.05) is 36.8 Å². The fourth-order valence-electron chi connectivity index (χ4n) is 6.09. The van der Waals surface area contributed by atoms with Crippen LogP contribution in [0.15, 0.2) is 79.0 Å². The summed E-state index contributed by atoms with van der Waals surface area (Å²) in [5.74, 6) is -0.0662. The number of fused-ring (bicyclic) bond motifs is 1. The molecule has 4 aromatic rings. The van der Waals surface area contributed by atoms with Gasteiger partial charge >= 0.3 is 0 Å². The van der Waals surface area contributed by atoms with Crippen molar-refractivity contribution >= 4 is 28.4 Å². The van der Waals surface area contributed by atoms with Crippen molar-refractivity contribution in [3.63, 3.8) is 0 Å². The number of nitrogens with one attached hydrogen (secondary N) is 1. The molecule has 0 bridgehead atoms. The number of amides is 2. The van der Waals surface area contributed by atoms with Gasteiger partial charge in [-0.15, -0.1) is 0 Å². The fraction of sp³-hybridized carbons (Fsp3) is 0.300. The lowest BCUT2D eigenvalue weighted by Gasteiger charge is -2.41. The minimum absolute atomic E-state index is 0.0721. The van der Waals surface area contributed by atoms with E-state index in [4.69, 9.17) is 0 Å². The van der Waals surface area contributed by atoms with E-state index in [1.165, 1.54) is 12.1 Å². The Morgan fingerprint density at radius 3 is 2.38 bits per heavy atom. The highest BCUT2D eigenvalue weighted by Gasteiger charge is 2.63. The number of carbonyl (C=O) groups excluding carboxylic acids is 2. The molecule has 1 spiro atoms. The van der Waals surface area contributed by atoms with E-state index in [2.05, 4.69) is 10.4 Å². The second-order valence-corrected chi connectivity index (χ2v) is 10.6. The monoisotopic (exact) mass is 494 g/mol. The molecule has 2 aliphatic carbocycles. The van der Waals surface area contributed by atoms with E-state index in [1.807, 2.05) is 53.4 Å². The Morgan fingerprint density at radius 2 is 1.70 bits per heavy atom. The Hall–Kier alpha value is -4.00. The van der Waals surface area contributed by atoms with Crippen LogP contribution in [0.2, 0.25) is 0 Å². The molecule has 1 saturated heterocycles. The number of benzene rings is 3. The third kappa shape index (κ3) is 3.48. The predicted molar refractivity (Wildman–Crippen MR) is 139 cm³/mol. The zero-order valence-electron chi connectivity index (χ0n) is 20.3. The number of rotatable bonds is 5. The molecule has 3 aromatic carbocycles. The zero-order chi connectivity index (χ0) is 25.1. The summed E-state index contributed by atoms with van der Waals surface area (Å²) >= 11 is 0. The van der Waals surface area contributed by atoms with Gasteiger partial charge < -0.3 is 10.2 Å². The first kappa shape index (κ1) is 22.2. The van der Waals surface area contributed by atoms with Gasteiger partial charge in [0, 0.05) is 17.0 Å². The molecule has 3 aliphatic rings. The van der Waals surface area contributed by atoms with Crippen molar-refractivity contribution in [2.45, 2.75) is 44.2 Å². The van der Waals surface area contributed by atoms with Crippen LogP contribution in [0.5, 0.6) is 0 Å². The van der Waals surface area contributed by atoms with E-state index in [-0.39, 0.29) is 35.6 Å². The maximum Gasteiger partial charge on any atom is 0.236 e. The molecule has 6 nitrogen and oxygen atoms in total. The quantitative estimate of drug-likeness (QED) is 0.409. The minimum atomic E-state index is -0.571. The van der Waals surface area contributed by atoms with Crippen LogP contribution < -0.4 is 10.2 Å². The number of hydrogen-bond acceptors (Lipinski definition) is 3. The van der Waals surface area contributed by atoms with Crippen molar-refractivity contribution in [2.24, 2.45) is 11.3 Å². The molecule has 2 atom stereocenters. The lowest BCUT2D eigenvalue weighted by atomic mass is 9.63. The summed E-state index contributed by atoms with van der Waals surface area (Å²) in [4.78, 5) is 29.1. The van der Waals surface area contributed by atoms with Gasteiger partial charge in [0.2, 0.25) is 11.8 Å².